The third kappa shape index (κ3) is 28.1. The Bertz CT molecular complexity index is 450. The van der Waals surface area contributed by atoms with Gasteiger partial charge >= 0.3 is 0 Å². The highest BCUT2D eigenvalue weighted by molar-refractivity contribution is 4.67. The van der Waals surface area contributed by atoms with Crippen LogP contribution in [0.3, 0.4) is 0 Å². The second-order valence-corrected chi connectivity index (χ2v) is 12.7. The maximum atomic E-state index is 8.54. The zero-order chi connectivity index (χ0) is 26.5. The number of nitrogens with zero attached hydrogens (tertiary/aromatic N) is 1. The summed E-state index contributed by atoms with van der Waals surface area (Å²) in [6.07, 6.45) is 37.6. The van der Waals surface area contributed by atoms with Crippen molar-refractivity contribution in [1.29, 1.82) is 5.26 Å². The lowest BCUT2D eigenvalue weighted by atomic mass is 9.90. The average molecular weight is 504 g/mol. The van der Waals surface area contributed by atoms with Crippen LogP contribution in [-0.4, -0.2) is 0 Å². The van der Waals surface area contributed by atoms with Crippen LogP contribution in [0, 0.1) is 29.1 Å². The van der Waals surface area contributed by atoms with Crippen molar-refractivity contribution < 1.29 is 0 Å². The summed E-state index contributed by atoms with van der Waals surface area (Å²) >= 11 is 0. The van der Waals surface area contributed by atoms with E-state index in [-0.39, 0.29) is 0 Å². The van der Waals surface area contributed by atoms with E-state index in [1.54, 1.807) is 0 Å². The Labute approximate surface area is 230 Å². The van der Waals surface area contributed by atoms with Gasteiger partial charge in [-0.15, -0.1) is 0 Å². The minimum absolute atomic E-state index is 0.748. The van der Waals surface area contributed by atoms with Crippen LogP contribution in [0.1, 0.15) is 201 Å². The third-order valence-electron chi connectivity index (χ3n) is 8.57. The second kappa shape index (κ2) is 29.1. The predicted molar refractivity (Wildman–Crippen MR) is 163 cm³/mol. The summed E-state index contributed by atoms with van der Waals surface area (Å²) in [6.45, 7) is 9.77. The molecule has 0 spiro atoms. The highest BCUT2D eigenvalue weighted by Crippen LogP contribution is 2.23. The normalized spacial score (nSPS) is 14.0. The molecule has 0 amide bonds. The molecule has 0 aliphatic heterocycles. The van der Waals surface area contributed by atoms with Crippen LogP contribution >= 0.6 is 0 Å². The molecule has 0 heterocycles. The molecule has 0 aliphatic rings. The zero-order valence-corrected chi connectivity index (χ0v) is 25.8. The number of hydrogen-bond donors (Lipinski definition) is 0. The molecule has 3 unspecified atom stereocenters. The molecule has 0 aromatic rings. The van der Waals surface area contributed by atoms with E-state index in [0.29, 0.717) is 0 Å². The van der Waals surface area contributed by atoms with Gasteiger partial charge in [0.2, 0.25) is 0 Å². The molecule has 0 aromatic carbocycles. The van der Waals surface area contributed by atoms with Gasteiger partial charge in [0.1, 0.15) is 0 Å². The van der Waals surface area contributed by atoms with Crippen LogP contribution in [-0.2, 0) is 0 Å². The van der Waals surface area contributed by atoms with Crippen molar-refractivity contribution in [1.82, 2.24) is 0 Å². The van der Waals surface area contributed by atoms with E-state index < -0.39 is 0 Å². The molecule has 0 aliphatic carbocycles. The first-order chi connectivity index (χ1) is 17.6. The first kappa shape index (κ1) is 35.5. The van der Waals surface area contributed by atoms with Crippen molar-refractivity contribution in [2.45, 2.75) is 201 Å². The fourth-order valence-corrected chi connectivity index (χ4v) is 5.80. The van der Waals surface area contributed by atoms with E-state index in [2.05, 4.69) is 33.8 Å². The van der Waals surface area contributed by atoms with Crippen molar-refractivity contribution in [3.8, 4) is 6.07 Å². The standard InChI is InChI=1S/C35H69N/c1-5-6-21-26-33(2)28-24-30-35(4)31-25-29-34(3)27-22-19-17-15-13-11-9-7-8-10-12-14-16-18-20-23-32-36/h33-35H,5-31H2,1-4H3. The molecule has 0 radical (unpaired) electrons. The molecule has 0 saturated heterocycles. The number of hydrogen-bond acceptors (Lipinski definition) is 1. The Morgan fingerprint density at radius 1 is 0.389 bits per heavy atom. The summed E-state index contributed by atoms with van der Waals surface area (Å²) in [5.74, 6) is 2.82. The van der Waals surface area contributed by atoms with Crippen LogP contribution < -0.4 is 0 Å². The molecule has 0 rings (SSSR count). The third-order valence-corrected chi connectivity index (χ3v) is 8.57. The largest absolute Gasteiger partial charge is 0.198 e. The summed E-state index contributed by atoms with van der Waals surface area (Å²) in [4.78, 5) is 0. The molecule has 214 valence electrons. The van der Waals surface area contributed by atoms with E-state index in [1.807, 2.05) is 0 Å². The molecule has 1 nitrogen and oxygen atoms in total. The predicted octanol–water partition coefficient (Wildman–Crippen LogP) is 13.0. The van der Waals surface area contributed by atoms with Gasteiger partial charge < -0.3 is 0 Å². The van der Waals surface area contributed by atoms with Gasteiger partial charge in [0.25, 0.3) is 0 Å². The minimum atomic E-state index is 0.748. The van der Waals surface area contributed by atoms with Gasteiger partial charge in [-0.2, -0.15) is 5.26 Å². The van der Waals surface area contributed by atoms with E-state index in [1.165, 1.54) is 161 Å². The lowest BCUT2D eigenvalue weighted by Gasteiger charge is -2.16. The Morgan fingerprint density at radius 3 is 1.00 bits per heavy atom. The topological polar surface area (TPSA) is 23.8 Å². The Kier molecular flexibility index (Phi) is 28.6. The van der Waals surface area contributed by atoms with Crippen molar-refractivity contribution in [3.05, 3.63) is 0 Å². The van der Waals surface area contributed by atoms with E-state index >= 15 is 0 Å². The summed E-state index contributed by atoms with van der Waals surface area (Å²) in [5.41, 5.74) is 0. The smallest absolute Gasteiger partial charge is 0.0621 e. The van der Waals surface area contributed by atoms with Crippen LogP contribution in [0.5, 0.6) is 0 Å². The number of rotatable bonds is 29. The molecular weight excluding hydrogens is 434 g/mol. The average Bonchev–Trinajstić information content (AvgIpc) is 2.86. The molecule has 0 bridgehead atoms. The zero-order valence-electron chi connectivity index (χ0n) is 25.8. The highest BCUT2D eigenvalue weighted by Gasteiger charge is 2.08. The van der Waals surface area contributed by atoms with E-state index in [9.17, 15) is 0 Å². The van der Waals surface area contributed by atoms with Gasteiger partial charge in [0.15, 0.2) is 0 Å². The fraction of sp³-hybridized carbons (Fsp3) is 0.971. The maximum absolute atomic E-state index is 8.54. The molecule has 3 atom stereocenters. The van der Waals surface area contributed by atoms with Crippen LogP contribution in [0.15, 0.2) is 0 Å². The fourth-order valence-electron chi connectivity index (χ4n) is 5.80. The molecule has 0 N–H and O–H groups in total. The van der Waals surface area contributed by atoms with Crippen LogP contribution in [0.25, 0.3) is 0 Å². The Balaban J connectivity index is 3.31. The van der Waals surface area contributed by atoms with Crippen molar-refractivity contribution in [2.24, 2.45) is 17.8 Å². The molecule has 36 heavy (non-hydrogen) atoms. The summed E-state index contributed by atoms with van der Waals surface area (Å²) in [6, 6.07) is 2.24. The molecular formula is C35H69N. The van der Waals surface area contributed by atoms with Crippen LogP contribution in [0.2, 0.25) is 0 Å². The molecule has 0 saturated carbocycles. The monoisotopic (exact) mass is 504 g/mol. The minimum Gasteiger partial charge on any atom is -0.198 e. The van der Waals surface area contributed by atoms with Gasteiger partial charge in [0.05, 0.1) is 6.07 Å². The van der Waals surface area contributed by atoms with Gasteiger partial charge in [0, 0.05) is 6.42 Å². The highest BCUT2D eigenvalue weighted by atomic mass is 14.2. The summed E-state index contributed by atoms with van der Waals surface area (Å²) in [7, 11) is 0. The first-order valence-electron chi connectivity index (χ1n) is 17.0. The van der Waals surface area contributed by atoms with Crippen molar-refractivity contribution >= 4 is 0 Å². The van der Waals surface area contributed by atoms with E-state index in [0.717, 1.165) is 30.6 Å². The van der Waals surface area contributed by atoms with Crippen molar-refractivity contribution in [3.63, 3.8) is 0 Å². The van der Waals surface area contributed by atoms with Gasteiger partial charge in [-0.05, 0) is 24.2 Å². The van der Waals surface area contributed by atoms with Crippen LogP contribution in [0.4, 0.5) is 0 Å². The Morgan fingerprint density at radius 2 is 0.667 bits per heavy atom. The van der Waals surface area contributed by atoms with Gasteiger partial charge in [-0.3, -0.25) is 0 Å². The molecule has 0 fully saturated rings. The van der Waals surface area contributed by atoms with Crippen molar-refractivity contribution in [2.75, 3.05) is 0 Å². The summed E-state index contributed by atoms with van der Waals surface area (Å²) in [5, 5.41) is 8.54. The lowest BCUT2D eigenvalue weighted by Crippen LogP contribution is -2.01. The van der Waals surface area contributed by atoms with Gasteiger partial charge in [-0.25, -0.2) is 0 Å². The van der Waals surface area contributed by atoms with E-state index in [4.69, 9.17) is 5.26 Å². The quantitative estimate of drug-likeness (QED) is 0.0931. The van der Waals surface area contributed by atoms with Gasteiger partial charge in [-0.1, -0.05) is 188 Å². The Hall–Kier alpha value is -0.510. The molecule has 0 aromatic heterocycles. The lowest BCUT2D eigenvalue weighted by molar-refractivity contribution is 0.374. The SMILES string of the molecule is CCCCCC(C)CCCC(C)CCCC(C)CCCCCCCCCCCCCCCCCC#N. The first-order valence-corrected chi connectivity index (χ1v) is 17.0. The maximum Gasteiger partial charge on any atom is 0.0621 e. The number of nitriles is 1. The summed E-state index contributed by atoms with van der Waals surface area (Å²) < 4.78 is 0. The molecule has 1 heteroatoms. The second-order valence-electron chi connectivity index (χ2n) is 12.7. The number of unbranched alkanes of at least 4 members (excludes halogenated alkanes) is 17.